The lowest BCUT2D eigenvalue weighted by atomic mass is 10.1. The topological polar surface area (TPSA) is 62.0 Å². The van der Waals surface area contributed by atoms with E-state index in [-0.39, 0.29) is 5.91 Å². The number of nitrogens with one attached hydrogen (secondary N) is 2. The molecule has 1 amide bonds. The number of benzene rings is 2. The molecule has 2 N–H and O–H groups in total. The van der Waals surface area contributed by atoms with Crippen molar-refractivity contribution in [3.05, 3.63) is 64.8 Å². The highest BCUT2D eigenvalue weighted by Crippen LogP contribution is 2.23. The highest BCUT2D eigenvalue weighted by atomic mass is 35.5. The van der Waals surface area contributed by atoms with Crippen LogP contribution in [0.15, 0.2) is 48.7 Å². The Kier molecular flexibility index (Phi) is 4.50. The van der Waals surface area contributed by atoms with Crippen LogP contribution in [-0.2, 0) is 16.6 Å². The minimum absolute atomic E-state index is 0.201. The number of carbonyl (C=O) groups excluding carboxylic acids is 1. The second-order valence-corrected chi connectivity index (χ2v) is 7.10. The molecule has 0 spiro atoms. The molecule has 1 aromatic heterocycles. The van der Waals surface area contributed by atoms with Crippen molar-refractivity contribution in [3.8, 4) is 0 Å². The second kappa shape index (κ2) is 6.56. The molecule has 6 heteroatoms. The van der Waals surface area contributed by atoms with Crippen LogP contribution >= 0.6 is 11.6 Å². The summed E-state index contributed by atoms with van der Waals surface area (Å²) in [6.45, 7) is 0. The lowest BCUT2D eigenvalue weighted by molar-refractivity contribution is 0.102. The summed E-state index contributed by atoms with van der Waals surface area (Å²) in [5, 5.41) is 4.45. The third-order valence-corrected chi connectivity index (χ3v) is 4.57. The summed E-state index contributed by atoms with van der Waals surface area (Å²) in [6.07, 6.45) is 3.45. The van der Waals surface area contributed by atoms with Gasteiger partial charge in [0.2, 0.25) is 0 Å². The maximum atomic E-state index is 12.4. The van der Waals surface area contributed by atoms with Crippen LogP contribution in [0.3, 0.4) is 0 Å². The van der Waals surface area contributed by atoms with Crippen molar-refractivity contribution in [2.45, 2.75) is 5.75 Å². The van der Waals surface area contributed by atoms with Crippen molar-refractivity contribution >= 4 is 44.9 Å². The average molecular weight is 347 g/mol. The molecular weight excluding hydrogens is 332 g/mol. The highest BCUT2D eigenvalue weighted by Gasteiger charge is 2.10. The Morgan fingerprint density at radius 2 is 2.04 bits per heavy atom. The van der Waals surface area contributed by atoms with Crippen LogP contribution in [0.25, 0.3) is 10.9 Å². The van der Waals surface area contributed by atoms with Crippen molar-refractivity contribution in [1.29, 1.82) is 0 Å². The summed E-state index contributed by atoms with van der Waals surface area (Å²) in [5.74, 6) is 0.157. The summed E-state index contributed by atoms with van der Waals surface area (Å²) in [4.78, 5) is 15.5. The fraction of sp³-hybridized carbons (Fsp3) is 0.118. The van der Waals surface area contributed by atoms with Gasteiger partial charge >= 0.3 is 0 Å². The normalized spacial score (nSPS) is 12.3. The van der Waals surface area contributed by atoms with E-state index < -0.39 is 10.8 Å². The number of hydrogen-bond acceptors (Lipinski definition) is 2. The molecule has 0 aliphatic rings. The van der Waals surface area contributed by atoms with Crippen LogP contribution in [0.2, 0.25) is 5.02 Å². The van der Waals surface area contributed by atoms with E-state index in [4.69, 9.17) is 11.6 Å². The van der Waals surface area contributed by atoms with Crippen molar-refractivity contribution in [2.75, 3.05) is 11.6 Å². The van der Waals surface area contributed by atoms with Gasteiger partial charge in [0.25, 0.3) is 5.91 Å². The average Bonchev–Trinajstić information content (AvgIpc) is 2.97. The number of hydrogen-bond donors (Lipinski definition) is 2. The predicted molar refractivity (Wildman–Crippen MR) is 95.5 cm³/mol. The molecule has 3 aromatic rings. The second-order valence-electron chi connectivity index (χ2n) is 5.26. The number of amides is 1. The molecule has 0 unspecified atom stereocenters. The molecule has 1 heterocycles. The molecule has 0 radical (unpaired) electrons. The van der Waals surface area contributed by atoms with E-state index in [1.165, 1.54) is 0 Å². The molecule has 23 heavy (non-hydrogen) atoms. The van der Waals surface area contributed by atoms with E-state index in [1.807, 2.05) is 24.4 Å². The Hall–Kier alpha value is -2.11. The molecule has 118 valence electrons. The quantitative estimate of drug-likeness (QED) is 0.751. The lowest BCUT2D eigenvalue weighted by Crippen LogP contribution is -2.12. The first-order chi connectivity index (χ1) is 11.0. The van der Waals surface area contributed by atoms with Gasteiger partial charge in [-0.05, 0) is 47.3 Å². The zero-order chi connectivity index (χ0) is 16.4. The number of aromatic amines is 1. The maximum Gasteiger partial charge on any atom is 0.255 e. The Labute approximate surface area is 141 Å². The molecule has 0 bridgehead atoms. The molecule has 0 aliphatic carbocycles. The largest absolute Gasteiger partial charge is 0.361 e. The maximum absolute atomic E-state index is 12.4. The van der Waals surface area contributed by atoms with Gasteiger partial charge in [-0.25, -0.2) is 0 Å². The first kappa shape index (κ1) is 15.8. The minimum Gasteiger partial charge on any atom is -0.361 e. The molecule has 0 saturated heterocycles. The van der Waals surface area contributed by atoms with Crippen LogP contribution in [0.1, 0.15) is 15.9 Å². The van der Waals surface area contributed by atoms with Gasteiger partial charge in [0.05, 0.1) is 0 Å². The van der Waals surface area contributed by atoms with Crippen molar-refractivity contribution in [1.82, 2.24) is 4.98 Å². The molecule has 1 atom stereocenters. The van der Waals surface area contributed by atoms with Crippen LogP contribution in [0.4, 0.5) is 5.69 Å². The predicted octanol–water partition coefficient (Wildman–Crippen LogP) is 3.95. The molecule has 3 rings (SSSR count). The highest BCUT2D eigenvalue weighted by molar-refractivity contribution is 7.83. The zero-order valence-electron chi connectivity index (χ0n) is 12.4. The molecular formula is C17H15ClN2O2S. The smallest absolute Gasteiger partial charge is 0.255 e. The van der Waals surface area contributed by atoms with Gasteiger partial charge in [-0.2, -0.15) is 0 Å². The van der Waals surface area contributed by atoms with Gasteiger partial charge in [-0.1, -0.05) is 17.7 Å². The fourth-order valence-electron chi connectivity index (χ4n) is 2.37. The van der Waals surface area contributed by atoms with Gasteiger partial charge in [0, 0.05) is 50.8 Å². The van der Waals surface area contributed by atoms with Gasteiger partial charge in [-0.15, -0.1) is 0 Å². The van der Waals surface area contributed by atoms with E-state index in [0.717, 1.165) is 16.5 Å². The van der Waals surface area contributed by atoms with Gasteiger partial charge in [0.1, 0.15) is 0 Å². The molecule has 0 aliphatic heterocycles. The van der Waals surface area contributed by atoms with Gasteiger partial charge in [-0.3, -0.25) is 9.00 Å². The summed E-state index contributed by atoms with van der Waals surface area (Å²) < 4.78 is 11.4. The Morgan fingerprint density at radius 3 is 2.83 bits per heavy atom. The van der Waals surface area contributed by atoms with Gasteiger partial charge < -0.3 is 10.3 Å². The summed E-state index contributed by atoms with van der Waals surface area (Å²) in [6, 6.07) is 12.6. The van der Waals surface area contributed by atoms with E-state index in [1.54, 1.807) is 30.5 Å². The van der Waals surface area contributed by atoms with Crippen molar-refractivity contribution in [2.24, 2.45) is 0 Å². The van der Waals surface area contributed by atoms with E-state index in [0.29, 0.717) is 22.0 Å². The van der Waals surface area contributed by atoms with Crippen LogP contribution in [0, 0.1) is 0 Å². The lowest BCUT2D eigenvalue weighted by Gasteiger charge is -2.09. The Morgan fingerprint density at radius 1 is 1.22 bits per heavy atom. The molecule has 0 fully saturated rings. The number of halogens is 1. The van der Waals surface area contributed by atoms with E-state index >= 15 is 0 Å². The first-order valence-electron chi connectivity index (χ1n) is 7.00. The third kappa shape index (κ3) is 3.63. The van der Waals surface area contributed by atoms with Crippen molar-refractivity contribution in [3.63, 3.8) is 0 Å². The van der Waals surface area contributed by atoms with Crippen molar-refractivity contribution < 1.29 is 9.00 Å². The molecule has 0 saturated carbocycles. The van der Waals surface area contributed by atoms with Crippen LogP contribution in [-0.4, -0.2) is 21.4 Å². The standard InChI is InChI=1S/C17H15ClN2O2S/c1-23(22)10-13-8-14(4-5-15(13)18)20-17(21)12-3-2-11-6-7-19-16(11)9-12/h2-9,19H,10H2,1H3,(H,20,21)/t23-/m0/s1. The SMILES string of the molecule is C[S@](=O)Cc1cc(NC(=O)c2ccc3cc[nH]c3c2)ccc1Cl. The Balaban J connectivity index is 1.83. The Bertz CT molecular complexity index is 904. The number of fused-ring (bicyclic) bond motifs is 1. The van der Waals surface area contributed by atoms with Gasteiger partial charge in [0.15, 0.2) is 0 Å². The molecule has 2 aromatic carbocycles. The number of aromatic nitrogens is 1. The number of rotatable bonds is 4. The van der Waals surface area contributed by atoms with Crippen LogP contribution in [0.5, 0.6) is 0 Å². The number of anilines is 1. The number of H-pyrrole nitrogens is 1. The van der Waals surface area contributed by atoms with E-state index in [2.05, 4.69) is 10.3 Å². The number of carbonyl (C=O) groups is 1. The van der Waals surface area contributed by atoms with Crippen LogP contribution < -0.4 is 5.32 Å². The monoisotopic (exact) mass is 346 g/mol. The first-order valence-corrected chi connectivity index (χ1v) is 9.10. The summed E-state index contributed by atoms with van der Waals surface area (Å²) >= 11 is 6.10. The summed E-state index contributed by atoms with van der Waals surface area (Å²) in [7, 11) is -0.996. The third-order valence-electron chi connectivity index (χ3n) is 3.48. The molecule has 4 nitrogen and oxygen atoms in total. The minimum atomic E-state index is -0.996. The zero-order valence-corrected chi connectivity index (χ0v) is 14.0. The van der Waals surface area contributed by atoms with E-state index in [9.17, 15) is 9.00 Å². The fourth-order valence-corrected chi connectivity index (χ4v) is 3.31. The summed E-state index contributed by atoms with van der Waals surface area (Å²) in [5.41, 5.74) is 2.86.